The van der Waals surface area contributed by atoms with Crippen LogP contribution in [0.1, 0.15) is 24.8 Å². The standard InChI is InChI=1S/C20H21BrN4O2/c21-11-5-4-8-18(26)22-15-9-10-17-16(13-15)20(25-24-17)23-19(27)12-14-6-2-1-3-7-14/h1-3,6-7,9-10,13H,4-5,8,11-12H2,(H,22,26)(H2,23,24,25,27). The second-order valence-corrected chi connectivity index (χ2v) is 7.03. The van der Waals surface area contributed by atoms with Crippen LogP contribution < -0.4 is 10.6 Å². The summed E-state index contributed by atoms with van der Waals surface area (Å²) < 4.78 is 0. The van der Waals surface area contributed by atoms with Crippen LogP contribution in [0.3, 0.4) is 0 Å². The number of unbranched alkanes of at least 4 members (excludes halogenated alkanes) is 1. The SMILES string of the molecule is O=C(CCCCBr)Nc1ccc2[nH]nc(NC(=O)Cc3ccccc3)c2c1. The molecule has 0 bridgehead atoms. The predicted molar refractivity (Wildman–Crippen MR) is 111 cm³/mol. The second kappa shape index (κ2) is 9.32. The van der Waals surface area contributed by atoms with Gasteiger partial charge in [0.1, 0.15) is 0 Å². The molecule has 0 aliphatic rings. The van der Waals surface area contributed by atoms with Crippen molar-refractivity contribution in [3.8, 4) is 0 Å². The highest BCUT2D eigenvalue weighted by molar-refractivity contribution is 9.09. The molecule has 3 rings (SSSR count). The maximum absolute atomic E-state index is 12.3. The number of amides is 2. The first kappa shape index (κ1) is 19.1. The molecule has 2 aromatic carbocycles. The zero-order valence-electron chi connectivity index (χ0n) is 14.8. The van der Waals surface area contributed by atoms with Gasteiger partial charge in [0.2, 0.25) is 11.8 Å². The number of hydrogen-bond acceptors (Lipinski definition) is 3. The number of carbonyl (C=O) groups excluding carboxylic acids is 2. The first-order chi connectivity index (χ1) is 13.2. The lowest BCUT2D eigenvalue weighted by atomic mass is 10.1. The molecule has 0 aliphatic heterocycles. The van der Waals surface area contributed by atoms with Crippen LogP contribution in [-0.2, 0) is 16.0 Å². The number of nitrogens with one attached hydrogen (secondary N) is 3. The average molecular weight is 429 g/mol. The van der Waals surface area contributed by atoms with Crippen molar-refractivity contribution in [3.05, 3.63) is 54.1 Å². The van der Waals surface area contributed by atoms with Gasteiger partial charge in [-0.3, -0.25) is 14.7 Å². The summed E-state index contributed by atoms with van der Waals surface area (Å²) in [4.78, 5) is 24.3. The van der Waals surface area contributed by atoms with Gasteiger partial charge in [0.25, 0.3) is 0 Å². The highest BCUT2D eigenvalue weighted by atomic mass is 79.9. The van der Waals surface area contributed by atoms with E-state index in [1.165, 1.54) is 0 Å². The van der Waals surface area contributed by atoms with Crippen LogP contribution in [0.5, 0.6) is 0 Å². The maximum atomic E-state index is 12.3. The molecule has 6 nitrogen and oxygen atoms in total. The van der Waals surface area contributed by atoms with Crippen molar-refractivity contribution in [2.24, 2.45) is 0 Å². The fourth-order valence-electron chi connectivity index (χ4n) is 2.75. The number of benzene rings is 2. The topological polar surface area (TPSA) is 86.9 Å². The fourth-order valence-corrected chi connectivity index (χ4v) is 3.14. The number of aromatic nitrogens is 2. The van der Waals surface area contributed by atoms with E-state index in [0.29, 0.717) is 17.9 Å². The Kier molecular flexibility index (Phi) is 6.59. The van der Waals surface area contributed by atoms with Crippen LogP contribution in [0.4, 0.5) is 11.5 Å². The molecule has 0 saturated heterocycles. The van der Waals surface area contributed by atoms with Crippen molar-refractivity contribution in [3.63, 3.8) is 0 Å². The Bertz CT molecular complexity index is 924. The summed E-state index contributed by atoms with van der Waals surface area (Å²) >= 11 is 3.36. The van der Waals surface area contributed by atoms with E-state index in [0.717, 1.165) is 34.6 Å². The monoisotopic (exact) mass is 428 g/mol. The summed E-state index contributed by atoms with van der Waals surface area (Å²) in [7, 11) is 0. The first-order valence-corrected chi connectivity index (χ1v) is 9.95. The quantitative estimate of drug-likeness (QED) is 0.370. The van der Waals surface area contributed by atoms with Gasteiger partial charge in [0.05, 0.1) is 11.9 Å². The number of carbonyl (C=O) groups is 2. The number of nitrogens with zero attached hydrogens (tertiary/aromatic N) is 1. The minimum atomic E-state index is -0.140. The number of H-pyrrole nitrogens is 1. The third-order valence-electron chi connectivity index (χ3n) is 4.10. The normalized spacial score (nSPS) is 10.7. The first-order valence-electron chi connectivity index (χ1n) is 8.83. The fraction of sp³-hybridized carbons (Fsp3) is 0.250. The lowest BCUT2D eigenvalue weighted by Crippen LogP contribution is -2.15. The number of aromatic amines is 1. The Hall–Kier alpha value is -2.67. The Morgan fingerprint density at radius 3 is 2.59 bits per heavy atom. The minimum Gasteiger partial charge on any atom is -0.326 e. The molecule has 0 saturated carbocycles. The number of alkyl halides is 1. The molecule has 0 fully saturated rings. The molecule has 0 atom stereocenters. The van der Waals surface area contributed by atoms with Gasteiger partial charge in [-0.25, -0.2) is 0 Å². The van der Waals surface area contributed by atoms with Crippen LogP contribution in [0.25, 0.3) is 10.9 Å². The Balaban J connectivity index is 1.67. The van der Waals surface area contributed by atoms with E-state index < -0.39 is 0 Å². The van der Waals surface area contributed by atoms with Crippen molar-refractivity contribution >= 4 is 50.2 Å². The highest BCUT2D eigenvalue weighted by Crippen LogP contribution is 2.24. The number of fused-ring (bicyclic) bond motifs is 1. The maximum Gasteiger partial charge on any atom is 0.230 e. The third kappa shape index (κ3) is 5.40. The molecular formula is C20H21BrN4O2. The van der Waals surface area contributed by atoms with E-state index in [1.807, 2.05) is 48.5 Å². The van der Waals surface area contributed by atoms with Crippen molar-refractivity contribution in [1.82, 2.24) is 10.2 Å². The summed E-state index contributed by atoms with van der Waals surface area (Å²) in [5, 5.41) is 14.5. The summed E-state index contributed by atoms with van der Waals surface area (Å²) in [5.41, 5.74) is 2.42. The second-order valence-electron chi connectivity index (χ2n) is 6.24. The van der Waals surface area contributed by atoms with E-state index in [-0.39, 0.29) is 18.2 Å². The number of halogens is 1. The highest BCUT2D eigenvalue weighted by Gasteiger charge is 2.11. The molecule has 1 heterocycles. The van der Waals surface area contributed by atoms with Gasteiger partial charge in [-0.1, -0.05) is 46.3 Å². The number of rotatable bonds is 8. The van der Waals surface area contributed by atoms with Crippen molar-refractivity contribution in [2.75, 3.05) is 16.0 Å². The van der Waals surface area contributed by atoms with E-state index in [9.17, 15) is 9.59 Å². The summed E-state index contributed by atoms with van der Waals surface area (Å²) in [6.45, 7) is 0. The van der Waals surface area contributed by atoms with Crippen molar-refractivity contribution in [1.29, 1.82) is 0 Å². The lowest BCUT2D eigenvalue weighted by molar-refractivity contribution is -0.116. The minimum absolute atomic E-state index is 0.0199. The molecule has 0 radical (unpaired) electrons. The lowest BCUT2D eigenvalue weighted by Gasteiger charge is -2.06. The largest absolute Gasteiger partial charge is 0.326 e. The van der Waals surface area contributed by atoms with Crippen molar-refractivity contribution < 1.29 is 9.59 Å². The van der Waals surface area contributed by atoms with E-state index in [1.54, 1.807) is 0 Å². The van der Waals surface area contributed by atoms with Gasteiger partial charge < -0.3 is 10.6 Å². The zero-order chi connectivity index (χ0) is 19.1. The summed E-state index contributed by atoms with van der Waals surface area (Å²) in [5.74, 6) is 0.300. The van der Waals surface area contributed by atoms with Gasteiger partial charge in [0, 0.05) is 22.8 Å². The molecule has 140 valence electrons. The third-order valence-corrected chi connectivity index (χ3v) is 4.66. The molecule has 27 heavy (non-hydrogen) atoms. The van der Waals surface area contributed by atoms with Gasteiger partial charge in [-0.15, -0.1) is 0 Å². The van der Waals surface area contributed by atoms with Gasteiger partial charge in [-0.2, -0.15) is 5.10 Å². The van der Waals surface area contributed by atoms with Crippen LogP contribution >= 0.6 is 15.9 Å². The van der Waals surface area contributed by atoms with Crippen molar-refractivity contribution in [2.45, 2.75) is 25.7 Å². The Morgan fingerprint density at radius 2 is 1.81 bits per heavy atom. The van der Waals surface area contributed by atoms with E-state index in [2.05, 4.69) is 36.8 Å². The van der Waals surface area contributed by atoms with Gasteiger partial charge >= 0.3 is 0 Å². The average Bonchev–Trinajstić information content (AvgIpc) is 3.05. The molecule has 2 amide bonds. The van der Waals surface area contributed by atoms with E-state index >= 15 is 0 Å². The molecule has 0 spiro atoms. The van der Waals surface area contributed by atoms with Gasteiger partial charge in [-0.05, 0) is 36.6 Å². The molecule has 1 aromatic heterocycles. The number of anilines is 2. The van der Waals surface area contributed by atoms with Crippen LogP contribution in [-0.4, -0.2) is 27.3 Å². The zero-order valence-corrected chi connectivity index (χ0v) is 16.4. The number of hydrogen-bond donors (Lipinski definition) is 3. The van der Waals surface area contributed by atoms with E-state index in [4.69, 9.17) is 0 Å². The Morgan fingerprint density at radius 1 is 1.00 bits per heavy atom. The molecule has 0 unspecified atom stereocenters. The smallest absolute Gasteiger partial charge is 0.230 e. The molecule has 0 aliphatic carbocycles. The summed E-state index contributed by atoms with van der Waals surface area (Å²) in [6.07, 6.45) is 2.56. The van der Waals surface area contributed by atoms with Crippen LogP contribution in [0.2, 0.25) is 0 Å². The van der Waals surface area contributed by atoms with Crippen LogP contribution in [0, 0.1) is 0 Å². The molecule has 3 aromatic rings. The predicted octanol–water partition coefficient (Wildman–Crippen LogP) is 4.25. The van der Waals surface area contributed by atoms with Crippen LogP contribution in [0.15, 0.2) is 48.5 Å². The Labute approximate surface area is 165 Å². The molecular weight excluding hydrogens is 408 g/mol. The molecule has 3 N–H and O–H groups in total. The summed E-state index contributed by atoms with van der Waals surface area (Å²) in [6, 6.07) is 15.0. The van der Waals surface area contributed by atoms with Gasteiger partial charge in [0.15, 0.2) is 5.82 Å². The molecule has 7 heteroatoms.